The van der Waals surface area contributed by atoms with Gasteiger partial charge in [-0.15, -0.1) is 0 Å². The van der Waals surface area contributed by atoms with E-state index >= 15 is 0 Å². The standard InChI is InChI=1S/C13H21FN2O/c1-4-16(5-2)9-12(15)10-6-7-13(17-3)11(14)8-10/h6-8,12H,4-5,9,15H2,1-3H3. The molecule has 17 heavy (non-hydrogen) atoms. The lowest BCUT2D eigenvalue weighted by Crippen LogP contribution is -2.32. The highest BCUT2D eigenvalue weighted by Gasteiger charge is 2.12. The third kappa shape index (κ3) is 3.68. The van der Waals surface area contributed by atoms with Crippen molar-refractivity contribution in [2.24, 2.45) is 5.73 Å². The third-order valence-corrected chi connectivity index (χ3v) is 2.95. The molecule has 0 aromatic heterocycles. The number of halogens is 1. The van der Waals surface area contributed by atoms with Crippen molar-refractivity contribution in [3.63, 3.8) is 0 Å². The number of rotatable bonds is 6. The van der Waals surface area contributed by atoms with Gasteiger partial charge in [-0.25, -0.2) is 4.39 Å². The second kappa shape index (κ2) is 6.57. The van der Waals surface area contributed by atoms with E-state index in [4.69, 9.17) is 10.5 Å². The summed E-state index contributed by atoms with van der Waals surface area (Å²) in [7, 11) is 1.45. The first-order valence-corrected chi connectivity index (χ1v) is 5.93. The lowest BCUT2D eigenvalue weighted by molar-refractivity contribution is 0.284. The Morgan fingerprint density at radius 2 is 2.00 bits per heavy atom. The molecule has 0 saturated carbocycles. The van der Waals surface area contributed by atoms with Gasteiger partial charge in [0, 0.05) is 12.6 Å². The van der Waals surface area contributed by atoms with Crippen LogP contribution in [0.3, 0.4) is 0 Å². The molecule has 1 aromatic carbocycles. The maximum absolute atomic E-state index is 13.5. The summed E-state index contributed by atoms with van der Waals surface area (Å²) in [6.07, 6.45) is 0. The van der Waals surface area contributed by atoms with E-state index < -0.39 is 0 Å². The number of hydrogen-bond acceptors (Lipinski definition) is 3. The fourth-order valence-corrected chi connectivity index (χ4v) is 1.78. The summed E-state index contributed by atoms with van der Waals surface area (Å²) in [4.78, 5) is 2.22. The topological polar surface area (TPSA) is 38.5 Å². The van der Waals surface area contributed by atoms with Crippen LogP contribution in [0.5, 0.6) is 5.75 Å². The second-order valence-corrected chi connectivity index (χ2v) is 3.99. The van der Waals surface area contributed by atoms with E-state index in [1.807, 2.05) is 6.07 Å². The van der Waals surface area contributed by atoms with E-state index in [1.54, 1.807) is 6.07 Å². The minimum absolute atomic E-state index is 0.171. The first kappa shape index (κ1) is 13.9. The summed E-state index contributed by atoms with van der Waals surface area (Å²) in [6, 6.07) is 4.71. The molecule has 1 unspecified atom stereocenters. The average Bonchev–Trinajstić information content (AvgIpc) is 2.35. The first-order chi connectivity index (χ1) is 8.12. The van der Waals surface area contributed by atoms with Crippen LogP contribution in [0.15, 0.2) is 18.2 Å². The molecule has 1 aromatic rings. The molecular weight excluding hydrogens is 219 g/mol. The van der Waals surface area contributed by atoms with Crippen LogP contribution >= 0.6 is 0 Å². The van der Waals surface area contributed by atoms with Gasteiger partial charge in [-0.1, -0.05) is 19.9 Å². The molecule has 1 atom stereocenters. The van der Waals surface area contributed by atoms with Gasteiger partial charge in [0.2, 0.25) is 0 Å². The Balaban J connectivity index is 2.75. The summed E-state index contributed by atoms with van der Waals surface area (Å²) < 4.78 is 18.4. The predicted molar refractivity (Wildman–Crippen MR) is 67.7 cm³/mol. The summed E-state index contributed by atoms with van der Waals surface area (Å²) in [6.45, 7) is 6.81. The van der Waals surface area contributed by atoms with Gasteiger partial charge in [0.05, 0.1) is 7.11 Å². The van der Waals surface area contributed by atoms with Crippen LogP contribution in [-0.2, 0) is 0 Å². The van der Waals surface area contributed by atoms with Gasteiger partial charge >= 0.3 is 0 Å². The molecular formula is C13H21FN2O. The highest BCUT2D eigenvalue weighted by atomic mass is 19.1. The Labute approximate surface area is 102 Å². The Hall–Kier alpha value is -1.13. The van der Waals surface area contributed by atoms with Crippen molar-refractivity contribution in [2.75, 3.05) is 26.7 Å². The van der Waals surface area contributed by atoms with E-state index in [2.05, 4.69) is 18.7 Å². The molecule has 0 saturated heterocycles. The van der Waals surface area contributed by atoms with Crippen molar-refractivity contribution >= 4 is 0 Å². The molecule has 1 rings (SSSR count). The van der Waals surface area contributed by atoms with Crippen molar-refractivity contribution in [2.45, 2.75) is 19.9 Å². The van der Waals surface area contributed by atoms with Gasteiger partial charge in [0.15, 0.2) is 11.6 Å². The van der Waals surface area contributed by atoms with Crippen molar-refractivity contribution in [1.82, 2.24) is 4.90 Å². The lowest BCUT2D eigenvalue weighted by atomic mass is 10.1. The normalized spacial score (nSPS) is 12.8. The van der Waals surface area contributed by atoms with E-state index in [9.17, 15) is 4.39 Å². The molecule has 0 aliphatic rings. The van der Waals surface area contributed by atoms with Gasteiger partial charge in [-0.2, -0.15) is 0 Å². The van der Waals surface area contributed by atoms with Crippen molar-refractivity contribution < 1.29 is 9.13 Å². The lowest BCUT2D eigenvalue weighted by Gasteiger charge is -2.23. The largest absolute Gasteiger partial charge is 0.494 e. The van der Waals surface area contributed by atoms with Gasteiger partial charge < -0.3 is 15.4 Å². The number of likely N-dealkylation sites (N-methyl/N-ethyl adjacent to an activating group) is 1. The second-order valence-electron chi connectivity index (χ2n) is 3.99. The van der Waals surface area contributed by atoms with Crippen LogP contribution in [-0.4, -0.2) is 31.6 Å². The van der Waals surface area contributed by atoms with Gasteiger partial charge in [0.25, 0.3) is 0 Å². The van der Waals surface area contributed by atoms with Crippen molar-refractivity contribution in [1.29, 1.82) is 0 Å². The molecule has 0 spiro atoms. The average molecular weight is 240 g/mol. The van der Waals surface area contributed by atoms with Crippen LogP contribution in [0.1, 0.15) is 25.5 Å². The number of methoxy groups -OCH3 is 1. The zero-order chi connectivity index (χ0) is 12.8. The highest BCUT2D eigenvalue weighted by molar-refractivity contribution is 5.31. The summed E-state index contributed by atoms with van der Waals surface area (Å²) in [5.74, 6) is -0.108. The number of nitrogens with zero attached hydrogens (tertiary/aromatic N) is 1. The smallest absolute Gasteiger partial charge is 0.165 e. The first-order valence-electron chi connectivity index (χ1n) is 5.93. The Bertz CT molecular complexity index is 353. The summed E-state index contributed by atoms with van der Waals surface area (Å²) in [5.41, 5.74) is 6.86. The predicted octanol–water partition coefficient (Wildman–Crippen LogP) is 2.18. The van der Waals surface area contributed by atoms with Crippen LogP contribution in [0.25, 0.3) is 0 Å². The fraction of sp³-hybridized carbons (Fsp3) is 0.538. The molecule has 0 aliphatic carbocycles. The van der Waals surface area contributed by atoms with E-state index in [-0.39, 0.29) is 17.6 Å². The molecule has 0 fully saturated rings. The summed E-state index contributed by atoms with van der Waals surface area (Å²) >= 11 is 0. The van der Waals surface area contributed by atoms with E-state index in [0.29, 0.717) is 0 Å². The number of ether oxygens (including phenoxy) is 1. The SMILES string of the molecule is CCN(CC)CC(N)c1ccc(OC)c(F)c1. The number of nitrogens with two attached hydrogens (primary N) is 1. The fourth-order valence-electron chi connectivity index (χ4n) is 1.78. The number of benzene rings is 1. The van der Waals surface area contributed by atoms with Crippen molar-refractivity contribution in [3.8, 4) is 5.75 Å². The Morgan fingerprint density at radius 1 is 1.35 bits per heavy atom. The van der Waals surface area contributed by atoms with Crippen LogP contribution in [0.4, 0.5) is 4.39 Å². The molecule has 96 valence electrons. The molecule has 3 nitrogen and oxygen atoms in total. The van der Waals surface area contributed by atoms with Crippen molar-refractivity contribution in [3.05, 3.63) is 29.6 Å². The minimum Gasteiger partial charge on any atom is -0.494 e. The zero-order valence-corrected chi connectivity index (χ0v) is 10.7. The Kier molecular flexibility index (Phi) is 5.38. The monoisotopic (exact) mass is 240 g/mol. The van der Waals surface area contributed by atoms with E-state index in [1.165, 1.54) is 13.2 Å². The van der Waals surface area contributed by atoms with E-state index in [0.717, 1.165) is 25.2 Å². The molecule has 0 aliphatic heterocycles. The third-order valence-electron chi connectivity index (χ3n) is 2.95. The van der Waals surface area contributed by atoms with Gasteiger partial charge in [0.1, 0.15) is 0 Å². The quantitative estimate of drug-likeness (QED) is 0.828. The molecule has 0 bridgehead atoms. The maximum atomic E-state index is 13.5. The summed E-state index contributed by atoms with van der Waals surface area (Å²) in [5, 5.41) is 0. The molecule has 0 heterocycles. The number of hydrogen-bond donors (Lipinski definition) is 1. The van der Waals surface area contributed by atoms with Crippen LogP contribution in [0, 0.1) is 5.82 Å². The molecule has 2 N–H and O–H groups in total. The molecule has 4 heteroatoms. The van der Waals surface area contributed by atoms with Gasteiger partial charge in [-0.05, 0) is 30.8 Å². The highest BCUT2D eigenvalue weighted by Crippen LogP contribution is 2.21. The zero-order valence-electron chi connectivity index (χ0n) is 10.7. The van der Waals surface area contributed by atoms with Crippen LogP contribution in [0.2, 0.25) is 0 Å². The van der Waals surface area contributed by atoms with Crippen LogP contribution < -0.4 is 10.5 Å². The Morgan fingerprint density at radius 3 is 2.47 bits per heavy atom. The molecule has 0 amide bonds. The molecule has 0 radical (unpaired) electrons. The minimum atomic E-state index is -0.361. The van der Waals surface area contributed by atoms with Gasteiger partial charge in [-0.3, -0.25) is 0 Å². The maximum Gasteiger partial charge on any atom is 0.165 e.